The topological polar surface area (TPSA) is 99.1 Å². The number of hydrogen-bond acceptors (Lipinski definition) is 5. The molecule has 7 nitrogen and oxygen atoms in total. The Morgan fingerprint density at radius 3 is 2.65 bits per heavy atom. The van der Waals surface area contributed by atoms with E-state index in [1.165, 1.54) is 5.34 Å². The normalized spacial score (nSPS) is 23.9. The van der Waals surface area contributed by atoms with Crippen LogP contribution in [0.4, 0.5) is 0 Å². The highest BCUT2D eigenvalue weighted by Gasteiger charge is 2.56. The Morgan fingerprint density at radius 1 is 1.43 bits per heavy atom. The average molecular weight is 337 g/mol. The first kappa shape index (κ1) is 17.3. The van der Waals surface area contributed by atoms with E-state index in [1.54, 1.807) is 11.8 Å². The van der Waals surface area contributed by atoms with E-state index in [2.05, 4.69) is 19.2 Å². The van der Waals surface area contributed by atoms with E-state index in [1.807, 2.05) is 35.2 Å². The molecule has 0 aromatic heterocycles. The number of carbonyl (C=O) groups excluding carboxylic acids is 2. The lowest BCUT2D eigenvalue weighted by Gasteiger charge is -2.41. The third kappa shape index (κ3) is 4.01. The van der Waals surface area contributed by atoms with Crippen molar-refractivity contribution < 1.29 is 14.8 Å². The second-order valence-electron chi connectivity index (χ2n) is 6.02. The Morgan fingerprint density at radius 2 is 2.04 bits per heavy atom. The lowest BCUT2D eigenvalue weighted by Crippen LogP contribution is -2.67. The molecule has 0 radical (unpaired) electrons. The van der Waals surface area contributed by atoms with Gasteiger partial charge < -0.3 is 15.4 Å². The Bertz CT molecular complexity index is 594. The molecule has 2 amide bonds. The van der Waals surface area contributed by atoms with Gasteiger partial charge in [-0.2, -0.15) is 0 Å². The van der Waals surface area contributed by atoms with E-state index in [-0.39, 0.29) is 28.0 Å². The highest BCUT2D eigenvalue weighted by atomic mass is 32.2. The zero-order valence-electron chi connectivity index (χ0n) is 12.9. The largest absolute Gasteiger partial charge is 0.379 e. The van der Waals surface area contributed by atoms with Crippen molar-refractivity contribution in [2.45, 2.75) is 36.4 Å². The number of hydrogen-bond donors (Lipinski definition) is 2. The molecule has 0 aliphatic carbocycles. The summed E-state index contributed by atoms with van der Waals surface area (Å²) in [4.78, 5) is 34.0. The molecule has 3 rings (SSSR count). The zero-order chi connectivity index (χ0) is 17.0. The van der Waals surface area contributed by atoms with Crippen LogP contribution in [0.25, 0.3) is 0 Å². The molecule has 8 heteroatoms. The van der Waals surface area contributed by atoms with Crippen molar-refractivity contribution >= 4 is 23.6 Å². The number of nitrogens with zero attached hydrogens (tertiary/aromatic N) is 2. The van der Waals surface area contributed by atoms with Gasteiger partial charge in [-0.15, -0.1) is 16.7 Å². The van der Waals surface area contributed by atoms with Crippen molar-refractivity contribution in [1.29, 1.82) is 0 Å². The Labute approximate surface area is 138 Å². The molecule has 0 saturated carbocycles. The van der Waals surface area contributed by atoms with E-state index < -0.39 is 0 Å². The molecule has 1 aromatic carbocycles. The third-order valence-electron chi connectivity index (χ3n) is 3.66. The minimum absolute atomic E-state index is 0.0505. The number of fused-ring (bicyclic) bond motifs is 1. The van der Waals surface area contributed by atoms with Crippen LogP contribution in [0, 0.1) is 4.91 Å². The molecule has 2 heterocycles. The third-order valence-corrected chi connectivity index (χ3v) is 5.19. The Kier molecular flexibility index (Phi) is 5.25. The van der Waals surface area contributed by atoms with E-state index in [4.69, 9.17) is 10.1 Å². The second kappa shape index (κ2) is 6.99. The summed E-state index contributed by atoms with van der Waals surface area (Å²) in [7, 11) is 0. The minimum Gasteiger partial charge on any atom is -0.379 e. The fourth-order valence-corrected chi connectivity index (χ4v) is 4.23. The predicted molar refractivity (Wildman–Crippen MR) is 86.8 cm³/mol. The van der Waals surface area contributed by atoms with Crippen molar-refractivity contribution in [3.63, 3.8) is 0 Å². The maximum atomic E-state index is 12.0. The summed E-state index contributed by atoms with van der Waals surface area (Å²) < 4.78 is 0.0826. The van der Waals surface area contributed by atoms with Crippen LogP contribution in [0.2, 0.25) is 0 Å². The highest BCUT2D eigenvalue weighted by Crippen LogP contribution is 2.46. The molecule has 2 aliphatic rings. The van der Waals surface area contributed by atoms with Crippen molar-refractivity contribution in [3.05, 3.63) is 40.8 Å². The number of amides is 2. The maximum Gasteiger partial charge on any atom is 0.249 e. The first-order valence-corrected chi connectivity index (χ1v) is 8.04. The van der Waals surface area contributed by atoms with Crippen LogP contribution in [0.1, 0.15) is 19.4 Å². The van der Waals surface area contributed by atoms with Gasteiger partial charge in [0, 0.05) is 11.3 Å². The minimum atomic E-state index is -0.349. The van der Waals surface area contributed by atoms with Crippen LogP contribution in [-0.2, 0) is 16.0 Å². The lowest BCUT2D eigenvalue weighted by atomic mass is 10.0. The SMILES string of the molecule is CC1(C)CN2C(=O)[C@@H](NC(=O)Cc3ccccc3)[C@H]2S1.O=NO. The fraction of sp³-hybridized carbons (Fsp3) is 0.467. The lowest BCUT2D eigenvalue weighted by molar-refractivity contribution is -0.147. The zero-order valence-corrected chi connectivity index (χ0v) is 13.7. The van der Waals surface area contributed by atoms with E-state index >= 15 is 0 Å². The quantitative estimate of drug-likeness (QED) is 0.495. The van der Waals surface area contributed by atoms with E-state index in [0.717, 1.165) is 12.1 Å². The first-order chi connectivity index (χ1) is 10.9. The molecule has 0 bridgehead atoms. The van der Waals surface area contributed by atoms with Gasteiger partial charge in [0.15, 0.2) is 5.34 Å². The van der Waals surface area contributed by atoms with Gasteiger partial charge in [-0.25, -0.2) is 0 Å². The van der Waals surface area contributed by atoms with Crippen molar-refractivity contribution in [2.24, 2.45) is 5.34 Å². The van der Waals surface area contributed by atoms with E-state index in [9.17, 15) is 9.59 Å². The van der Waals surface area contributed by atoms with Crippen molar-refractivity contribution in [3.8, 4) is 0 Å². The highest BCUT2D eigenvalue weighted by molar-refractivity contribution is 8.01. The summed E-state index contributed by atoms with van der Waals surface area (Å²) in [5.41, 5.74) is 0.966. The van der Waals surface area contributed by atoms with Gasteiger partial charge in [-0.05, 0) is 19.4 Å². The monoisotopic (exact) mass is 337 g/mol. The van der Waals surface area contributed by atoms with Crippen LogP contribution in [0.3, 0.4) is 0 Å². The molecular formula is C15H19N3O4S. The molecule has 23 heavy (non-hydrogen) atoms. The van der Waals surface area contributed by atoms with Gasteiger partial charge in [0.05, 0.1) is 6.42 Å². The first-order valence-electron chi connectivity index (χ1n) is 7.16. The van der Waals surface area contributed by atoms with Crippen LogP contribution in [0.5, 0.6) is 0 Å². The Hall–Kier alpha value is -2.09. The second-order valence-corrected chi connectivity index (χ2v) is 7.85. The van der Waals surface area contributed by atoms with Gasteiger partial charge >= 0.3 is 0 Å². The van der Waals surface area contributed by atoms with Crippen LogP contribution in [-0.4, -0.2) is 44.6 Å². The molecule has 2 aliphatic heterocycles. The molecule has 0 spiro atoms. The van der Waals surface area contributed by atoms with Crippen LogP contribution >= 0.6 is 11.8 Å². The number of carbonyl (C=O) groups is 2. The summed E-state index contributed by atoms with van der Waals surface area (Å²) in [5, 5.41) is 10.9. The maximum absolute atomic E-state index is 12.0. The molecule has 1 aromatic rings. The molecule has 2 atom stereocenters. The van der Waals surface area contributed by atoms with Crippen molar-refractivity contribution in [2.75, 3.05) is 6.54 Å². The molecular weight excluding hydrogens is 318 g/mol. The van der Waals surface area contributed by atoms with Crippen LogP contribution < -0.4 is 5.32 Å². The van der Waals surface area contributed by atoms with Crippen LogP contribution in [0.15, 0.2) is 35.7 Å². The number of rotatable bonds is 3. The molecule has 2 saturated heterocycles. The fourth-order valence-electron chi connectivity index (χ4n) is 2.74. The average Bonchev–Trinajstić information content (AvgIpc) is 2.79. The van der Waals surface area contributed by atoms with Gasteiger partial charge in [0.25, 0.3) is 0 Å². The molecule has 124 valence electrons. The molecule has 0 unspecified atom stereocenters. The van der Waals surface area contributed by atoms with Gasteiger partial charge in [-0.3, -0.25) is 9.59 Å². The number of benzene rings is 1. The summed E-state index contributed by atoms with van der Waals surface area (Å²) in [5.74, 6) is -0.0333. The molecule has 2 fully saturated rings. The number of β-lactam (4-membered cyclic amide) rings is 1. The number of thioether (sulfide) groups is 1. The van der Waals surface area contributed by atoms with Gasteiger partial charge in [0.2, 0.25) is 11.8 Å². The van der Waals surface area contributed by atoms with Crippen molar-refractivity contribution in [1.82, 2.24) is 10.2 Å². The van der Waals surface area contributed by atoms with Gasteiger partial charge in [0.1, 0.15) is 11.4 Å². The predicted octanol–water partition coefficient (Wildman–Crippen LogP) is 1.55. The Balaban J connectivity index is 0.000000595. The van der Waals surface area contributed by atoms with Gasteiger partial charge in [-0.1, -0.05) is 30.3 Å². The smallest absolute Gasteiger partial charge is 0.249 e. The standard InChI is InChI=1S/C15H18N2O2S.HNO2/c1-15(2)9-17-13(19)12(14(17)20-15)16-11(18)8-10-6-4-3-5-7-10;2-1-3/h3-7,12,14H,8-9H2,1-2H3,(H,16,18);(H,2,3)/t12-,14-;/m1./s1. The summed E-state index contributed by atoms with van der Waals surface area (Å²) in [6.45, 7) is 5.03. The number of nitrogens with one attached hydrogen (secondary N) is 1. The summed E-state index contributed by atoms with van der Waals surface area (Å²) in [6, 6.07) is 9.23. The summed E-state index contributed by atoms with van der Waals surface area (Å²) >= 11 is 1.77. The van der Waals surface area contributed by atoms with E-state index in [0.29, 0.717) is 6.42 Å². The molecule has 2 N–H and O–H groups in total. The summed E-state index contributed by atoms with van der Waals surface area (Å²) in [6.07, 6.45) is 0.325.